The second-order valence-electron chi connectivity index (χ2n) is 5.31. The Morgan fingerprint density at radius 3 is 2.15 bits per heavy atom. The number of carbonyl (C=O) groups is 2. The Kier molecular flexibility index (Phi) is 6.81. The van der Waals surface area contributed by atoms with Crippen LogP contribution in [-0.2, 0) is 24.3 Å². The number of carbonyl (C=O) groups excluding carboxylic acids is 2. The van der Waals surface area contributed by atoms with E-state index in [9.17, 15) is 18.0 Å². The molecule has 2 rings (SSSR count). The molecular formula is C18H18ClNO6S. The molecule has 144 valence electrons. The number of benzene rings is 2. The third-order valence-electron chi connectivity index (χ3n) is 3.56. The van der Waals surface area contributed by atoms with Crippen molar-refractivity contribution in [3.05, 3.63) is 59.1 Å². The maximum Gasteiger partial charge on any atom is 0.337 e. The first-order valence-electron chi connectivity index (χ1n) is 7.92. The molecule has 2 aromatic carbocycles. The summed E-state index contributed by atoms with van der Waals surface area (Å²) in [4.78, 5) is 23.5. The highest BCUT2D eigenvalue weighted by Crippen LogP contribution is 2.25. The van der Waals surface area contributed by atoms with Crippen LogP contribution in [0.5, 0.6) is 0 Å². The van der Waals surface area contributed by atoms with E-state index in [1.807, 2.05) is 0 Å². The van der Waals surface area contributed by atoms with Gasteiger partial charge in [-0.1, -0.05) is 11.6 Å². The third-order valence-corrected chi connectivity index (χ3v) is 5.60. The van der Waals surface area contributed by atoms with E-state index in [4.69, 9.17) is 16.3 Å². The van der Waals surface area contributed by atoms with E-state index in [-0.39, 0.29) is 22.8 Å². The van der Waals surface area contributed by atoms with Gasteiger partial charge in [0, 0.05) is 5.02 Å². The lowest BCUT2D eigenvalue weighted by Crippen LogP contribution is -2.36. The van der Waals surface area contributed by atoms with E-state index in [0.29, 0.717) is 5.02 Å². The van der Waals surface area contributed by atoms with Crippen LogP contribution in [0.1, 0.15) is 17.3 Å². The monoisotopic (exact) mass is 411 g/mol. The highest BCUT2D eigenvalue weighted by atomic mass is 35.5. The Balaban J connectivity index is 2.46. The van der Waals surface area contributed by atoms with Crippen LogP contribution >= 0.6 is 11.6 Å². The topological polar surface area (TPSA) is 90.0 Å². The minimum absolute atomic E-state index is 0.0340. The highest BCUT2D eigenvalue weighted by molar-refractivity contribution is 7.92. The van der Waals surface area contributed by atoms with E-state index in [2.05, 4.69) is 4.74 Å². The first kappa shape index (κ1) is 20.7. The summed E-state index contributed by atoms with van der Waals surface area (Å²) in [7, 11) is -2.82. The summed E-state index contributed by atoms with van der Waals surface area (Å²) in [6.07, 6.45) is 0. The summed E-state index contributed by atoms with van der Waals surface area (Å²) in [5, 5.41) is 0.383. The zero-order valence-corrected chi connectivity index (χ0v) is 16.3. The number of esters is 2. The minimum atomic E-state index is -4.07. The molecule has 0 aliphatic heterocycles. The first-order valence-corrected chi connectivity index (χ1v) is 9.73. The lowest BCUT2D eigenvalue weighted by atomic mass is 10.2. The molecule has 0 bridgehead atoms. The molecule has 0 saturated heterocycles. The summed E-state index contributed by atoms with van der Waals surface area (Å²) in [6.45, 7) is 1.23. The van der Waals surface area contributed by atoms with Gasteiger partial charge in [0.1, 0.15) is 6.54 Å². The first-order chi connectivity index (χ1) is 12.8. The third kappa shape index (κ3) is 4.99. The smallest absolute Gasteiger partial charge is 0.337 e. The summed E-state index contributed by atoms with van der Waals surface area (Å²) in [5.41, 5.74) is 0.451. The van der Waals surface area contributed by atoms with Crippen molar-refractivity contribution in [2.45, 2.75) is 11.8 Å². The second kappa shape index (κ2) is 8.88. The molecular weight excluding hydrogens is 394 g/mol. The van der Waals surface area contributed by atoms with Gasteiger partial charge in [-0.2, -0.15) is 0 Å². The maximum absolute atomic E-state index is 13.0. The quantitative estimate of drug-likeness (QED) is 0.651. The fraction of sp³-hybridized carbons (Fsp3) is 0.222. The molecule has 0 aliphatic rings. The van der Waals surface area contributed by atoms with Gasteiger partial charge in [-0.05, 0) is 55.5 Å². The van der Waals surface area contributed by atoms with Crippen molar-refractivity contribution in [1.82, 2.24) is 0 Å². The number of hydrogen-bond donors (Lipinski definition) is 0. The van der Waals surface area contributed by atoms with Gasteiger partial charge >= 0.3 is 11.9 Å². The van der Waals surface area contributed by atoms with Crippen LogP contribution in [0.15, 0.2) is 53.4 Å². The lowest BCUT2D eigenvalue weighted by molar-refractivity contribution is -0.141. The maximum atomic E-state index is 13.0. The average Bonchev–Trinajstić information content (AvgIpc) is 2.66. The van der Waals surface area contributed by atoms with E-state index in [0.717, 1.165) is 4.31 Å². The molecule has 0 unspecified atom stereocenters. The Morgan fingerprint density at radius 1 is 1.04 bits per heavy atom. The van der Waals surface area contributed by atoms with E-state index >= 15 is 0 Å². The molecule has 0 aromatic heterocycles. The van der Waals surface area contributed by atoms with Crippen LogP contribution < -0.4 is 4.31 Å². The zero-order chi connectivity index (χ0) is 20.0. The molecule has 0 amide bonds. The summed E-state index contributed by atoms with van der Waals surface area (Å²) in [5.74, 6) is -1.26. The molecule has 0 aliphatic carbocycles. The molecule has 0 heterocycles. The predicted octanol–water partition coefficient (Wildman–Crippen LogP) is 2.89. The van der Waals surface area contributed by atoms with Crippen LogP contribution in [0, 0.1) is 0 Å². The van der Waals surface area contributed by atoms with E-state index in [1.54, 1.807) is 6.92 Å². The van der Waals surface area contributed by atoms with Gasteiger partial charge in [0.15, 0.2) is 0 Å². The normalized spacial score (nSPS) is 10.9. The second-order valence-corrected chi connectivity index (χ2v) is 7.61. The fourth-order valence-corrected chi connectivity index (χ4v) is 3.79. The Bertz CT molecular complexity index is 910. The molecule has 0 atom stereocenters. The molecule has 27 heavy (non-hydrogen) atoms. The summed E-state index contributed by atoms with van der Waals surface area (Å²) in [6, 6.07) is 11.2. The largest absolute Gasteiger partial charge is 0.465 e. The number of ether oxygens (including phenoxy) is 2. The molecule has 0 N–H and O–H groups in total. The van der Waals surface area contributed by atoms with Crippen LogP contribution in [0.2, 0.25) is 5.02 Å². The fourth-order valence-electron chi connectivity index (χ4n) is 2.25. The van der Waals surface area contributed by atoms with Crippen molar-refractivity contribution >= 4 is 39.3 Å². The van der Waals surface area contributed by atoms with Crippen molar-refractivity contribution in [2.24, 2.45) is 0 Å². The lowest BCUT2D eigenvalue weighted by Gasteiger charge is -2.23. The van der Waals surface area contributed by atoms with Crippen LogP contribution in [-0.4, -0.2) is 40.6 Å². The predicted molar refractivity (Wildman–Crippen MR) is 100 cm³/mol. The number of methoxy groups -OCH3 is 1. The van der Waals surface area contributed by atoms with Crippen molar-refractivity contribution in [3.63, 3.8) is 0 Å². The van der Waals surface area contributed by atoms with Gasteiger partial charge in [0.2, 0.25) is 0 Å². The molecule has 0 fully saturated rings. The van der Waals surface area contributed by atoms with E-state index < -0.39 is 28.5 Å². The molecule has 0 radical (unpaired) electrons. The van der Waals surface area contributed by atoms with E-state index in [1.165, 1.54) is 55.6 Å². The molecule has 0 spiro atoms. The van der Waals surface area contributed by atoms with Crippen molar-refractivity contribution in [2.75, 3.05) is 24.6 Å². The van der Waals surface area contributed by atoms with Crippen molar-refractivity contribution in [3.8, 4) is 0 Å². The number of halogens is 1. The number of nitrogens with zero attached hydrogens (tertiary/aromatic N) is 1. The molecule has 0 saturated carbocycles. The summed E-state index contributed by atoms with van der Waals surface area (Å²) >= 11 is 5.82. The number of rotatable bonds is 7. The Hall–Kier alpha value is -2.58. The average molecular weight is 412 g/mol. The molecule has 2 aromatic rings. The van der Waals surface area contributed by atoms with Crippen molar-refractivity contribution in [1.29, 1.82) is 0 Å². The minimum Gasteiger partial charge on any atom is -0.465 e. The van der Waals surface area contributed by atoms with Gasteiger partial charge < -0.3 is 9.47 Å². The molecule has 9 heteroatoms. The van der Waals surface area contributed by atoms with Crippen LogP contribution in [0.25, 0.3) is 0 Å². The van der Waals surface area contributed by atoms with Gasteiger partial charge in [-0.15, -0.1) is 0 Å². The standard InChI is InChI=1S/C18H18ClNO6S/c1-3-26-17(21)12-20(15-8-4-13(5-9-15)18(22)25-2)27(23,24)16-10-6-14(19)7-11-16/h4-11H,3,12H2,1-2H3. The molecule has 7 nitrogen and oxygen atoms in total. The SMILES string of the molecule is CCOC(=O)CN(c1ccc(C(=O)OC)cc1)S(=O)(=O)c1ccc(Cl)cc1. The van der Waals surface area contributed by atoms with Gasteiger partial charge in [-0.3, -0.25) is 9.10 Å². The van der Waals surface area contributed by atoms with Gasteiger partial charge in [0.05, 0.1) is 29.9 Å². The highest BCUT2D eigenvalue weighted by Gasteiger charge is 2.28. The summed E-state index contributed by atoms with van der Waals surface area (Å²) < 4.78 is 36.5. The van der Waals surface area contributed by atoms with Gasteiger partial charge in [-0.25, -0.2) is 13.2 Å². The number of sulfonamides is 1. The number of hydrogen-bond acceptors (Lipinski definition) is 6. The zero-order valence-electron chi connectivity index (χ0n) is 14.7. The van der Waals surface area contributed by atoms with Crippen LogP contribution in [0.4, 0.5) is 5.69 Å². The van der Waals surface area contributed by atoms with Gasteiger partial charge in [0.25, 0.3) is 10.0 Å². The Morgan fingerprint density at radius 2 is 1.63 bits per heavy atom. The van der Waals surface area contributed by atoms with Crippen LogP contribution in [0.3, 0.4) is 0 Å². The number of anilines is 1. The Labute approximate surface area is 162 Å². The van der Waals surface area contributed by atoms with Crippen molar-refractivity contribution < 1.29 is 27.5 Å².